The maximum atomic E-state index is 14.0. The highest BCUT2D eigenvalue weighted by atomic mass is 16.3. The van der Waals surface area contributed by atoms with Gasteiger partial charge in [0.15, 0.2) is 6.04 Å². The van der Waals surface area contributed by atoms with Crippen molar-refractivity contribution in [2.75, 3.05) is 10.2 Å². The number of nitrogens with zero attached hydrogens (tertiary/aromatic N) is 4. The van der Waals surface area contributed by atoms with E-state index in [4.69, 9.17) is 4.42 Å². The van der Waals surface area contributed by atoms with Gasteiger partial charge in [-0.3, -0.25) is 19.3 Å². The number of nitrogens with one attached hydrogen (secondary N) is 2. The lowest BCUT2D eigenvalue weighted by atomic mass is 10.1. The van der Waals surface area contributed by atoms with Gasteiger partial charge in [-0.25, -0.2) is 4.68 Å². The van der Waals surface area contributed by atoms with Crippen LogP contribution in [0, 0.1) is 6.92 Å². The summed E-state index contributed by atoms with van der Waals surface area (Å²) in [6.45, 7) is 3.08. The number of amides is 3. The number of fused-ring (bicyclic) bond motifs is 1. The van der Waals surface area contributed by atoms with Crippen molar-refractivity contribution >= 4 is 40.1 Å². The Kier molecular flexibility index (Phi) is 7.21. The number of furan rings is 1. The summed E-state index contributed by atoms with van der Waals surface area (Å²) in [6, 6.07) is 16.7. The van der Waals surface area contributed by atoms with Gasteiger partial charge < -0.3 is 15.1 Å². The largest absolute Gasteiger partial charge is 0.464 e. The Morgan fingerprint density at radius 3 is 2.47 bits per heavy atom. The van der Waals surface area contributed by atoms with Crippen LogP contribution in [-0.4, -0.2) is 38.8 Å². The van der Waals surface area contributed by atoms with E-state index in [9.17, 15) is 14.4 Å². The number of benzene rings is 2. The van der Waals surface area contributed by atoms with E-state index < -0.39 is 6.04 Å². The van der Waals surface area contributed by atoms with Crippen LogP contribution in [0.25, 0.3) is 11.0 Å². The van der Waals surface area contributed by atoms with Crippen LogP contribution in [0.3, 0.4) is 0 Å². The topological polar surface area (TPSA) is 122 Å². The molecule has 10 nitrogen and oxygen atoms in total. The van der Waals surface area contributed by atoms with Crippen LogP contribution < -0.4 is 15.5 Å². The van der Waals surface area contributed by atoms with Crippen LogP contribution >= 0.6 is 0 Å². The zero-order chi connectivity index (χ0) is 26.6. The normalized spacial score (nSPS) is 14.4. The van der Waals surface area contributed by atoms with Gasteiger partial charge in [-0.15, -0.1) is 5.10 Å². The first-order chi connectivity index (χ1) is 18.4. The van der Waals surface area contributed by atoms with Crippen molar-refractivity contribution in [1.29, 1.82) is 0 Å². The Labute approximate surface area is 220 Å². The maximum Gasteiger partial charge on any atom is 0.251 e. The Bertz CT molecular complexity index is 1450. The van der Waals surface area contributed by atoms with E-state index >= 15 is 0 Å². The highest BCUT2D eigenvalue weighted by Gasteiger charge is 2.36. The number of aromatic nitrogens is 3. The second-order valence-electron chi connectivity index (χ2n) is 9.57. The van der Waals surface area contributed by atoms with Gasteiger partial charge in [-0.05, 0) is 68.3 Å². The average Bonchev–Trinajstić information content (AvgIpc) is 3.65. The highest BCUT2D eigenvalue weighted by molar-refractivity contribution is 6.01. The van der Waals surface area contributed by atoms with Crippen LogP contribution in [0.15, 0.2) is 65.1 Å². The van der Waals surface area contributed by atoms with Crippen molar-refractivity contribution in [1.82, 2.24) is 20.3 Å². The summed E-state index contributed by atoms with van der Waals surface area (Å²) >= 11 is 0. The number of hydrogen-bond donors (Lipinski definition) is 2. The van der Waals surface area contributed by atoms with Gasteiger partial charge in [0.05, 0.1) is 5.52 Å². The number of carbonyl (C=O) groups is 3. The molecule has 1 fully saturated rings. The minimum atomic E-state index is -1.04. The van der Waals surface area contributed by atoms with Crippen molar-refractivity contribution < 1.29 is 18.8 Å². The van der Waals surface area contributed by atoms with Gasteiger partial charge >= 0.3 is 0 Å². The highest BCUT2D eigenvalue weighted by Crippen LogP contribution is 2.31. The first kappa shape index (κ1) is 25.2. The van der Waals surface area contributed by atoms with Gasteiger partial charge in [-0.2, -0.15) is 0 Å². The second kappa shape index (κ2) is 10.9. The predicted molar refractivity (Wildman–Crippen MR) is 142 cm³/mol. The smallest absolute Gasteiger partial charge is 0.251 e. The molecule has 0 bridgehead atoms. The van der Waals surface area contributed by atoms with E-state index in [0.29, 0.717) is 33.9 Å². The molecule has 196 valence electrons. The molecule has 4 aromatic rings. The molecule has 38 heavy (non-hydrogen) atoms. The van der Waals surface area contributed by atoms with Crippen LogP contribution in [-0.2, 0) is 20.9 Å². The van der Waals surface area contributed by atoms with Crippen LogP contribution in [0.2, 0.25) is 0 Å². The number of hydrogen-bond acceptors (Lipinski definition) is 6. The molecular formula is C28H30N6O4. The number of para-hydroxylation sites is 1. The summed E-state index contributed by atoms with van der Waals surface area (Å²) < 4.78 is 7.44. The molecule has 0 spiro atoms. The number of aryl methyl sites for hydroxylation is 1. The molecule has 2 N–H and O–H groups in total. The minimum Gasteiger partial charge on any atom is -0.464 e. The Morgan fingerprint density at radius 1 is 1.05 bits per heavy atom. The van der Waals surface area contributed by atoms with Crippen molar-refractivity contribution in [2.45, 2.75) is 58.2 Å². The fourth-order valence-corrected chi connectivity index (χ4v) is 4.91. The summed E-state index contributed by atoms with van der Waals surface area (Å²) in [6.07, 6.45) is 3.92. The third kappa shape index (κ3) is 5.44. The fraction of sp³-hybridized carbons (Fsp3) is 0.321. The second-order valence-corrected chi connectivity index (χ2v) is 9.57. The standard InChI is InChI=1S/C28H30N6O4/c1-18-11-16-25(38-18)27(28(37)30-20-7-3-4-8-20)34(22-14-12-21(13-15-22)29-19(2)35)26(36)17-33-24-10-6-5-9-23(24)31-32-33/h5-6,9-16,20,27H,3-4,7-8,17H2,1-2H3,(H,29,35)(H,30,37). The quantitative estimate of drug-likeness (QED) is 0.365. The molecule has 1 saturated carbocycles. The summed E-state index contributed by atoms with van der Waals surface area (Å²) in [5.74, 6) is 0.112. The minimum absolute atomic E-state index is 0.0550. The average molecular weight is 515 g/mol. The molecular weight excluding hydrogens is 484 g/mol. The third-order valence-electron chi connectivity index (χ3n) is 6.68. The zero-order valence-electron chi connectivity index (χ0n) is 21.4. The Hall–Kier alpha value is -4.47. The summed E-state index contributed by atoms with van der Waals surface area (Å²) in [5, 5.41) is 14.2. The summed E-state index contributed by atoms with van der Waals surface area (Å²) in [7, 11) is 0. The van der Waals surface area contributed by atoms with Gasteiger partial charge in [0.1, 0.15) is 23.6 Å². The first-order valence-corrected chi connectivity index (χ1v) is 12.7. The van der Waals surface area contributed by atoms with Crippen molar-refractivity contribution in [3.8, 4) is 0 Å². The van der Waals surface area contributed by atoms with Gasteiger partial charge in [0, 0.05) is 24.3 Å². The summed E-state index contributed by atoms with van der Waals surface area (Å²) in [4.78, 5) is 40.8. The van der Waals surface area contributed by atoms with E-state index in [1.165, 1.54) is 16.5 Å². The molecule has 2 aromatic carbocycles. The molecule has 0 radical (unpaired) electrons. The molecule has 0 saturated heterocycles. The maximum absolute atomic E-state index is 14.0. The molecule has 1 unspecified atom stereocenters. The van der Waals surface area contributed by atoms with E-state index in [0.717, 1.165) is 25.7 Å². The summed E-state index contributed by atoms with van der Waals surface area (Å²) in [5.41, 5.74) is 2.44. The lowest BCUT2D eigenvalue weighted by Gasteiger charge is -2.31. The van der Waals surface area contributed by atoms with E-state index in [1.807, 2.05) is 24.3 Å². The molecule has 1 aliphatic rings. The molecule has 5 rings (SSSR count). The van der Waals surface area contributed by atoms with Crippen LogP contribution in [0.1, 0.15) is 50.2 Å². The predicted octanol–water partition coefficient (Wildman–Crippen LogP) is 4.12. The van der Waals surface area contributed by atoms with E-state index in [-0.39, 0.29) is 30.3 Å². The SMILES string of the molecule is CC(=O)Nc1ccc(N(C(=O)Cn2nnc3ccccc32)C(C(=O)NC2CCCC2)c2ccc(C)o2)cc1. The third-order valence-corrected chi connectivity index (χ3v) is 6.68. The van der Waals surface area contributed by atoms with Crippen molar-refractivity contribution in [3.05, 3.63) is 72.2 Å². The van der Waals surface area contributed by atoms with Gasteiger partial charge in [-0.1, -0.05) is 30.2 Å². The lowest BCUT2D eigenvalue weighted by molar-refractivity contribution is -0.127. The number of anilines is 2. The van der Waals surface area contributed by atoms with Crippen LogP contribution in [0.4, 0.5) is 11.4 Å². The molecule has 2 heterocycles. The number of carbonyl (C=O) groups excluding carboxylic acids is 3. The molecule has 0 aliphatic heterocycles. The van der Waals surface area contributed by atoms with Gasteiger partial charge in [0.2, 0.25) is 11.8 Å². The molecule has 10 heteroatoms. The molecule has 1 atom stereocenters. The van der Waals surface area contributed by atoms with Gasteiger partial charge in [0.25, 0.3) is 5.91 Å². The van der Waals surface area contributed by atoms with Crippen molar-refractivity contribution in [3.63, 3.8) is 0 Å². The lowest BCUT2D eigenvalue weighted by Crippen LogP contribution is -2.47. The first-order valence-electron chi connectivity index (χ1n) is 12.7. The monoisotopic (exact) mass is 514 g/mol. The van der Waals surface area contributed by atoms with E-state index in [2.05, 4.69) is 20.9 Å². The van der Waals surface area contributed by atoms with Crippen LogP contribution in [0.5, 0.6) is 0 Å². The number of rotatable bonds is 8. The zero-order valence-corrected chi connectivity index (χ0v) is 21.4. The Balaban J connectivity index is 1.55. The molecule has 2 aromatic heterocycles. The molecule has 1 aliphatic carbocycles. The Morgan fingerprint density at radius 2 is 1.79 bits per heavy atom. The van der Waals surface area contributed by atoms with E-state index in [1.54, 1.807) is 43.3 Å². The van der Waals surface area contributed by atoms with Crippen molar-refractivity contribution in [2.24, 2.45) is 0 Å². The fourth-order valence-electron chi connectivity index (χ4n) is 4.91. The molecule has 3 amide bonds.